The Kier molecular flexibility index (Phi) is 8.29. The number of anilines is 1. The molecule has 0 unspecified atom stereocenters. The maximum Gasteiger partial charge on any atom is 0.270 e. The van der Waals surface area contributed by atoms with Gasteiger partial charge in [-0.1, -0.05) is 6.07 Å². The number of nitrogens with zero attached hydrogens (tertiary/aromatic N) is 1. The number of benzene rings is 2. The molecular weight excluding hydrogens is 440 g/mol. The largest absolute Gasteiger partial charge is 0.493 e. The van der Waals surface area contributed by atoms with E-state index in [1.165, 1.54) is 26.2 Å². The average molecular weight is 471 g/mol. The highest BCUT2D eigenvalue weighted by Crippen LogP contribution is 2.29. The summed E-state index contributed by atoms with van der Waals surface area (Å²) in [6, 6.07) is 9.81. The Bertz CT molecular complexity index is 1050. The van der Waals surface area contributed by atoms with Crippen LogP contribution in [0, 0.1) is 10.1 Å². The number of nitro groups is 1. The molecule has 0 spiro atoms. The fourth-order valence-electron chi connectivity index (χ4n) is 4.12. The quantitative estimate of drug-likeness (QED) is 0.378. The summed E-state index contributed by atoms with van der Waals surface area (Å²) in [6.07, 6.45) is 3.28. The number of ether oxygens (including phenoxy) is 2. The molecule has 3 N–H and O–H groups in total. The Morgan fingerprint density at radius 1 is 1.00 bits per heavy atom. The maximum absolute atomic E-state index is 13.0. The van der Waals surface area contributed by atoms with E-state index in [4.69, 9.17) is 9.47 Å². The molecule has 0 aromatic heterocycles. The minimum absolute atomic E-state index is 0.0415. The third-order valence-corrected chi connectivity index (χ3v) is 5.85. The van der Waals surface area contributed by atoms with Crippen molar-refractivity contribution in [2.45, 2.75) is 51.2 Å². The summed E-state index contributed by atoms with van der Waals surface area (Å²) < 4.78 is 10.5. The number of hydrogen-bond acceptors (Lipinski definition) is 7. The number of carbonyl (C=O) groups is 2. The van der Waals surface area contributed by atoms with Crippen LogP contribution in [0.2, 0.25) is 0 Å². The lowest BCUT2D eigenvalue weighted by Gasteiger charge is -2.30. The van der Waals surface area contributed by atoms with Gasteiger partial charge in [-0.2, -0.15) is 0 Å². The van der Waals surface area contributed by atoms with Crippen molar-refractivity contribution < 1.29 is 24.0 Å². The highest BCUT2D eigenvalue weighted by Gasteiger charge is 2.24. The Morgan fingerprint density at radius 3 is 2.29 bits per heavy atom. The van der Waals surface area contributed by atoms with Gasteiger partial charge in [-0.15, -0.1) is 0 Å². The lowest BCUT2D eigenvalue weighted by molar-refractivity contribution is -0.384. The number of hydrogen-bond donors (Lipinski definition) is 3. The molecule has 0 atom stereocenters. The summed E-state index contributed by atoms with van der Waals surface area (Å²) in [7, 11) is 3.08. The maximum atomic E-state index is 13.0. The van der Waals surface area contributed by atoms with Crippen LogP contribution in [0.4, 0.5) is 11.4 Å². The molecule has 1 aliphatic rings. The van der Waals surface area contributed by atoms with E-state index in [1.54, 1.807) is 25.3 Å². The molecule has 34 heavy (non-hydrogen) atoms. The summed E-state index contributed by atoms with van der Waals surface area (Å²) in [5.74, 6) is 0.658. The van der Waals surface area contributed by atoms with Crippen molar-refractivity contribution in [2.75, 3.05) is 19.5 Å². The van der Waals surface area contributed by atoms with Crippen LogP contribution in [-0.2, 0) is 11.3 Å². The van der Waals surface area contributed by atoms with Crippen molar-refractivity contribution in [3.8, 4) is 11.5 Å². The molecular formula is C24H30N4O6. The van der Waals surface area contributed by atoms with Gasteiger partial charge in [0.2, 0.25) is 5.91 Å². The van der Waals surface area contributed by atoms with Crippen LogP contribution in [0.15, 0.2) is 36.4 Å². The molecule has 2 aromatic carbocycles. The molecule has 1 saturated carbocycles. The van der Waals surface area contributed by atoms with Crippen LogP contribution in [0.25, 0.3) is 0 Å². The summed E-state index contributed by atoms with van der Waals surface area (Å²) in [5, 5.41) is 20.4. The van der Waals surface area contributed by atoms with Gasteiger partial charge in [0.1, 0.15) is 0 Å². The highest BCUT2D eigenvalue weighted by molar-refractivity contribution is 6.00. The molecule has 182 valence electrons. The van der Waals surface area contributed by atoms with Gasteiger partial charge in [0.05, 0.1) is 24.7 Å². The number of methoxy groups -OCH3 is 2. The van der Waals surface area contributed by atoms with Crippen LogP contribution >= 0.6 is 0 Å². The zero-order valence-corrected chi connectivity index (χ0v) is 19.6. The molecule has 0 bridgehead atoms. The molecule has 0 heterocycles. The second-order valence-electron chi connectivity index (χ2n) is 8.25. The molecule has 1 fully saturated rings. The number of nitro benzene ring substituents is 1. The monoisotopic (exact) mass is 470 g/mol. The standard InChI is InChI=1S/C24H30N4O6/c1-15(29)26-17-5-7-18(8-6-17)27-21-10-9-19(28(31)32)13-20(21)24(30)25-14-16-4-11-22(33-2)23(12-16)34-3/h4,9-13,17-18,27H,5-8,14H2,1-3H3,(H,25,30)(H,26,29)/t17-,18-. The summed E-state index contributed by atoms with van der Waals surface area (Å²) in [6.45, 7) is 1.72. The number of nitrogens with one attached hydrogen (secondary N) is 3. The molecule has 10 heteroatoms. The Balaban J connectivity index is 1.72. The average Bonchev–Trinajstić information content (AvgIpc) is 2.83. The van der Waals surface area contributed by atoms with E-state index < -0.39 is 10.8 Å². The van der Waals surface area contributed by atoms with E-state index in [0.29, 0.717) is 17.2 Å². The van der Waals surface area contributed by atoms with Gasteiger partial charge in [0.15, 0.2) is 11.5 Å². The van der Waals surface area contributed by atoms with E-state index in [1.807, 2.05) is 6.07 Å². The van der Waals surface area contributed by atoms with Gasteiger partial charge in [0, 0.05) is 43.4 Å². The SMILES string of the molecule is COc1ccc(CNC(=O)c2cc([N+](=O)[O-])ccc2N[C@H]2CC[C@H](NC(C)=O)CC2)cc1OC. The van der Waals surface area contributed by atoms with Crippen LogP contribution in [0.5, 0.6) is 11.5 Å². The van der Waals surface area contributed by atoms with Crippen LogP contribution in [0.3, 0.4) is 0 Å². The van der Waals surface area contributed by atoms with E-state index in [-0.39, 0.29) is 35.8 Å². The normalized spacial score (nSPS) is 17.4. The molecule has 0 saturated heterocycles. The van der Waals surface area contributed by atoms with Crippen molar-refractivity contribution in [2.24, 2.45) is 0 Å². The summed E-state index contributed by atoms with van der Waals surface area (Å²) in [4.78, 5) is 35.1. The molecule has 2 aromatic rings. The van der Waals surface area contributed by atoms with E-state index in [9.17, 15) is 19.7 Å². The van der Waals surface area contributed by atoms with E-state index in [0.717, 1.165) is 31.2 Å². The minimum Gasteiger partial charge on any atom is -0.493 e. The predicted octanol–water partition coefficient (Wildman–Crippen LogP) is 3.40. The molecule has 10 nitrogen and oxygen atoms in total. The lowest BCUT2D eigenvalue weighted by Crippen LogP contribution is -2.39. The second kappa shape index (κ2) is 11.4. The van der Waals surface area contributed by atoms with Crippen molar-refractivity contribution in [1.29, 1.82) is 0 Å². The Morgan fingerprint density at radius 2 is 1.68 bits per heavy atom. The zero-order valence-electron chi connectivity index (χ0n) is 19.6. The number of rotatable bonds is 9. The van der Waals surface area contributed by atoms with Crippen LogP contribution < -0.4 is 25.4 Å². The van der Waals surface area contributed by atoms with E-state index >= 15 is 0 Å². The van der Waals surface area contributed by atoms with Crippen LogP contribution in [-0.4, -0.2) is 43.0 Å². The fourth-order valence-corrected chi connectivity index (χ4v) is 4.12. The summed E-state index contributed by atoms with van der Waals surface area (Å²) in [5.41, 5.74) is 1.38. The highest BCUT2D eigenvalue weighted by atomic mass is 16.6. The minimum atomic E-state index is -0.520. The van der Waals surface area contributed by atoms with Crippen molar-refractivity contribution in [3.63, 3.8) is 0 Å². The molecule has 2 amide bonds. The topological polar surface area (TPSA) is 132 Å². The smallest absolute Gasteiger partial charge is 0.270 e. The second-order valence-corrected chi connectivity index (χ2v) is 8.25. The lowest BCUT2D eigenvalue weighted by atomic mass is 9.90. The van der Waals surface area contributed by atoms with Gasteiger partial charge < -0.3 is 25.4 Å². The number of carbonyl (C=O) groups excluding carboxylic acids is 2. The van der Waals surface area contributed by atoms with Crippen molar-refractivity contribution in [1.82, 2.24) is 10.6 Å². The third-order valence-electron chi connectivity index (χ3n) is 5.85. The molecule has 0 aliphatic heterocycles. The van der Waals surface area contributed by atoms with Crippen molar-refractivity contribution in [3.05, 3.63) is 57.6 Å². The van der Waals surface area contributed by atoms with E-state index in [2.05, 4.69) is 16.0 Å². The fraction of sp³-hybridized carbons (Fsp3) is 0.417. The first-order chi connectivity index (χ1) is 16.3. The van der Waals surface area contributed by atoms with Gasteiger partial charge in [-0.3, -0.25) is 19.7 Å². The zero-order chi connectivity index (χ0) is 24.7. The van der Waals surface area contributed by atoms with Gasteiger partial charge in [0.25, 0.3) is 11.6 Å². The number of non-ortho nitro benzene ring substituents is 1. The molecule has 1 aliphatic carbocycles. The molecule has 3 rings (SSSR count). The van der Waals surface area contributed by atoms with Gasteiger partial charge in [-0.25, -0.2) is 0 Å². The Hall–Kier alpha value is -3.82. The first-order valence-electron chi connectivity index (χ1n) is 11.1. The molecule has 0 radical (unpaired) electrons. The Labute approximate surface area is 198 Å². The predicted molar refractivity (Wildman–Crippen MR) is 127 cm³/mol. The number of amides is 2. The first kappa shape index (κ1) is 24.8. The van der Waals surface area contributed by atoms with Crippen molar-refractivity contribution >= 4 is 23.2 Å². The van der Waals surface area contributed by atoms with Gasteiger partial charge in [-0.05, 0) is 49.4 Å². The third kappa shape index (κ3) is 6.37. The first-order valence-corrected chi connectivity index (χ1v) is 11.1. The van der Waals surface area contributed by atoms with Crippen LogP contribution in [0.1, 0.15) is 48.5 Å². The summed E-state index contributed by atoms with van der Waals surface area (Å²) >= 11 is 0. The van der Waals surface area contributed by atoms with Gasteiger partial charge >= 0.3 is 0 Å².